The molecule has 1 atom stereocenters. The van der Waals surface area contributed by atoms with Crippen LogP contribution in [0.3, 0.4) is 0 Å². The molecule has 0 radical (unpaired) electrons. The molecule has 1 rings (SSSR count). The Morgan fingerprint density at radius 2 is 2.36 bits per heavy atom. The number of hydrogen-bond acceptors (Lipinski definition) is 2. The van der Waals surface area contributed by atoms with Gasteiger partial charge in [-0.1, -0.05) is 6.58 Å². The third-order valence-electron chi connectivity index (χ3n) is 2.02. The van der Waals surface area contributed by atoms with E-state index in [2.05, 4.69) is 25.3 Å². The van der Waals surface area contributed by atoms with Crippen molar-refractivity contribution in [2.75, 3.05) is 6.54 Å². The first-order chi connectivity index (χ1) is 5.15. The number of likely N-dealkylation sites (tertiary alicyclic amines) is 1. The van der Waals surface area contributed by atoms with Gasteiger partial charge in [0.2, 0.25) is 0 Å². The van der Waals surface area contributed by atoms with E-state index in [9.17, 15) is 0 Å². The first-order valence-electron chi connectivity index (χ1n) is 3.87. The van der Waals surface area contributed by atoms with Gasteiger partial charge < -0.3 is 7.97 Å². The van der Waals surface area contributed by atoms with E-state index < -0.39 is 0 Å². The van der Waals surface area contributed by atoms with Gasteiger partial charge in [-0.2, -0.15) is 0 Å². The number of nitrogens with zero attached hydrogens (tertiary/aromatic N) is 1. The summed E-state index contributed by atoms with van der Waals surface area (Å²) in [6, 6.07) is 0.555. The molecule has 0 aliphatic carbocycles. The molecule has 0 aromatic heterocycles. The summed E-state index contributed by atoms with van der Waals surface area (Å²) in [5, 5.41) is 0. The summed E-state index contributed by atoms with van der Waals surface area (Å²) in [6.07, 6.45) is 1.34. The van der Waals surface area contributed by atoms with Gasteiger partial charge in [0.1, 0.15) is 23.0 Å². The normalized spacial score (nSPS) is 25.3. The molecule has 64 valence electrons. The summed E-state index contributed by atoms with van der Waals surface area (Å²) < 4.78 is 5.23. The van der Waals surface area contributed by atoms with E-state index in [1.807, 2.05) is 23.0 Å². The Bertz CT molecular complexity index is 158. The average Bonchev–Trinajstić information content (AvgIpc) is 2.30. The van der Waals surface area contributed by atoms with Gasteiger partial charge in [-0.15, -0.1) is 0 Å². The number of hydrogen-bond donors (Lipinski definition) is 0. The van der Waals surface area contributed by atoms with Gasteiger partial charge in [0.05, 0.1) is 6.10 Å². The Labute approximate surface area is 82.3 Å². The maximum absolute atomic E-state index is 5.23. The Hall–Kier alpha value is 0.230. The molecule has 0 spiro atoms. The lowest BCUT2D eigenvalue weighted by Gasteiger charge is -2.23. The third kappa shape index (κ3) is 2.08. The second kappa shape index (κ2) is 3.76. The van der Waals surface area contributed by atoms with Crippen molar-refractivity contribution < 1.29 is 3.07 Å². The molecule has 0 aromatic carbocycles. The number of halogens is 1. The van der Waals surface area contributed by atoms with Crippen LogP contribution in [-0.4, -0.2) is 23.6 Å². The van der Waals surface area contributed by atoms with Crippen molar-refractivity contribution in [3.63, 3.8) is 0 Å². The zero-order valence-electron chi connectivity index (χ0n) is 7.01. The smallest absolute Gasteiger partial charge is 0.110 e. The minimum Gasteiger partial charge on any atom is -0.370 e. The largest absolute Gasteiger partial charge is 0.370 e. The van der Waals surface area contributed by atoms with Crippen LogP contribution in [0, 0.1) is 0 Å². The molecule has 1 aliphatic rings. The zero-order chi connectivity index (χ0) is 8.43. The van der Waals surface area contributed by atoms with Crippen LogP contribution in [-0.2, 0) is 3.07 Å². The molecule has 2 nitrogen and oxygen atoms in total. The highest BCUT2D eigenvalue weighted by Gasteiger charge is 2.26. The van der Waals surface area contributed by atoms with Crippen molar-refractivity contribution in [3.05, 3.63) is 12.3 Å². The van der Waals surface area contributed by atoms with Gasteiger partial charge >= 0.3 is 0 Å². The van der Waals surface area contributed by atoms with Crippen LogP contribution in [0.5, 0.6) is 0 Å². The predicted molar refractivity (Wildman–Crippen MR) is 54.5 cm³/mol. The average molecular weight is 267 g/mol. The molecule has 1 fully saturated rings. The molecule has 1 aliphatic heterocycles. The highest BCUT2D eigenvalue weighted by molar-refractivity contribution is 14.1. The van der Waals surface area contributed by atoms with Crippen molar-refractivity contribution >= 4 is 23.0 Å². The van der Waals surface area contributed by atoms with E-state index in [0.29, 0.717) is 12.1 Å². The predicted octanol–water partition coefficient (Wildman–Crippen LogP) is 2.35. The Balaban J connectivity index is 2.52. The molecule has 0 bridgehead atoms. The lowest BCUT2D eigenvalue weighted by Crippen LogP contribution is -2.27. The van der Waals surface area contributed by atoms with Crippen LogP contribution in [0.1, 0.15) is 20.3 Å². The molecular formula is C8H14INO. The lowest BCUT2D eigenvalue weighted by molar-refractivity contribution is 0.244. The van der Waals surface area contributed by atoms with Crippen LogP contribution in [0.25, 0.3) is 0 Å². The maximum atomic E-state index is 5.23. The molecule has 1 heterocycles. The molecule has 1 saturated heterocycles. The van der Waals surface area contributed by atoms with Crippen LogP contribution in [0.4, 0.5) is 0 Å². The standard InChI is InChI=1S/C8H14INO/c1-6(2)10-5-8(11-9)4-7(10)3/h6,8H,3-5H2,1-2H3. The van der Waals surface area contributed by atoms with E-state index in [1.165, 1.54) is 5.70 Å². The summed E-state index contributed by atoms with van der Waals surface area (Å²) in [4.78, 5) is 2.29. The molecule has 0 amide bonds. The van der Waals surface area contributed by atoms with Crippen molar-refractivity contribution in [1.29, 1.82) is 0 Å². The topological polar surface area (TPSA) is 12.5 Å². The minimum atomic E-state index is 0.352. The van der Waals surface area contributed by atoms with Crippen molar-refractivity contribution in [2.24, 2.45) is 0 Å². The van der Waals surface area contributed by atoms with Crippen molar-refractivity contribution in [2.45, 2.75) is 32.4 Å². The highest BCUT2D eigenvalue weighted by atomic mass is 127. The second-order valence-corrected chi connectivity index (χ2v) is 3.74. The highest BCUT2D eigenvalue weighted by Crippen LogP contribution is 2.25. The fourth-order valence-electron chi connectivity index (χ4n) is 1.43. The summed E-state index contributed by atoms with van der Waals surface area (Å²) in [7, 11) is 0. The molecular weight excluding hydrogens is 253 g/mol. The minimum absolute atomic E-state index is 0.352. The number of rotatable bonds is 2. The fraction of sp³-hybridized carbons (Fsp3) is 0.750. The molecule has 0 saturated carbocycles. The SMILES string of the molecule is C=C1CC(OI)CN1C(C)C. The Morgan fingerprint density at radius 1 is 1.73 bits per heavy atom. The Kier molecular flexibility index (Phi) is 3.18. The van der Waals surface area contributed by atoms with Crippen molar-refractivity contribution in [3.8, 4) is 0 Å². The van der Waals surface area contributed by atoms with Gasteiger partial charge in [0.25, 0.3) is 0 Å². The van der Waals surface area contributed by atoms with Gasteiger partial charge in [-0.05, 0) is 13.8 Å². The third-order valence-corrected chi connectivity index (χ3v) is 2.74. The fourth-order valence-corrected chi connectivity index (χ4v) is 1.77. The van der Waals surface area contributed by atoms with E-state index in [1.54, 1.807) is 0 Å². The van der Waals surface area contributed by atoms with E-state index >= 15 is 0 Å². The van der Waals surface area contributed by atoms with Gasteiger partial charge in [-0.3, -0.25) is 0 Å². The van der Waals surface area contributed by atoms with E-state index in [0.717, 1.165) is 13.0 Å². The monoisotopic (exact) mass is 267 g/mol. The van der Waals surface area contributed by atoms with Crippen molar-refractivity contribution in [1.82, 2.24) is 4.90 Å². The summed E-state index contributed by atoms with van der Waals surface area (Å²) in [5.74, 6) is 0. The molecule has 1 unspecified atom stereocenters. The van der Waals surface area contributed by atoms with E-state index in [-0.39, 0.29) is 0 Å². The van der Waals surface area contributed by atoms with Crippen LogP contribution in [0.15, 0.2) is 12.3 Å². The lowest BCUT2D eigenvalue weighted by atomic mass is 10.3. The molecule has 11 heavy (non-hydrogen) atoms. The van der Waals surface area contributed by atoms with E-state index in [4.69, 9.17) is 3.07 Å². The van der Waals surface area contributed by atoms with Gasteiger partial charge in [0, 0.05) is 24.7 Å². The molecule has 3 heteroatoms. The quantitative estimate of drug-likeness (QED) is 0.712. The van der Waals surface area contributed by atoms with Gasteiger partial charge in [-0.25, -0.2) is 0 Å². The zero-order valence-corrected chi connectivity index (χ0v) is 9.17. The first-order valence-corrected chi connectivity index (χ1v) is 4.75. The Morgan fingerprint density at radius 3 is 2.64 bits per heavy atom. The van der Waals surface area contributed by atoms with Crippen LogP contribution >= 0.6 is 23.0 Å². The summed E-state index contributed by atoms with van der Waals surface area (Å²) in [6.45, 7) is 9.36. The summed E-state index contributed by atoms with van der Waals surface area (Å²) >= 11 is 1.97. The van der Waals surface area contributed by atoms with Crippen LogP contribution < -0.4 is 0 Å². The van der Waals surface area contributed by atoms with Crippen LogP contribution in [0.2, 0.25) is 0 Å². The molecule has 0 aromatic rings. The van der Waals surface area contributed by atoms with Gasteiger partial charge in [0.15, 0.2) is 0 Å². The second-order valence-electron chi connectivity index (χ2n) is 3.23. The summed E-state index contributed by atoms with van der Waals surface area (Å²) in [5.41, 5.74) is 1.21. The maximum Gasteiger partial charge on any atom is 0.110 e. The first kappa shape index (κ1) is 9.32. The molecule has 0 N–H and O–H groups in total.